The van der Waals surface area contributed by atoms with Crippen LogP contribution in [0.25, 0.3) is 22.2 Å². The van der Waals surface area contributed by atoms with Crippen LogP contribution in [0.3, 0.4) is 0 Å². The Morgan fingerprint density at radius 2 is 1.84 bits per heavy atom. The predicted octanol–water partition coefficient (Wildman–Crippen LogP) is 2.99. The van der Waals surface area contributed by atoms with Crippen molar-refractivity contribution < 1.29 is 0 Å². The van der Waals surface area contributed by atoms with Gasteiger partial charge >= 0.3 is 0 Å². The van der Waals surface area contributed by atoms with Crippen LogP contribution < -0.4 is 5.32 Å². The van der Waals surface area contributed by atoms with Gasteiger partial charge in [-0.15, -0.1) is 10.2 Å². The second kappa shape index (κ2) is 4.39. The van der Waals surface area contributed by atoms with Gasteiger partial charge in [0, 0.05) is 36.3 Å². The van der Waals surface area contributed by atoms with Gasteiger partial charge < -0.3 is 9.88 Å². The molecule has 0 unspecified atom stereocenters. The summed E-state index contributed by atoms with van der Waals surface area (Å²) in [5, 5.41) is 12.7. The SMILES string of the molecule is CNc1ccc(-c2c(C)n(C)c3ccccc23)nn1. The summed E-state index contributed by atoms with van der Waals surface area (Å²) in [6.45, 7) is 2.11. The molecule has 0 atom stereocenters. The van der Waals surface area contributed by atoms with Crippen LogP contribution in [-0.2, 0) is 7.05 Å². The minimum absolute atomic E-state index is 0.779. The van der Waals surface area contributed by atoms with Crippen molar-refractivity contribution in [1.29, 1.82) is 0 Å². The van der Waals surface area contributed by atoms with E-state index < -0.39 is 0 Å². The highest BCUT2D eigenvalue weighted by atomic mass is 15.2. The topological polar surface area (TPSA) is 42.7 Å². The molecule has 2 heterocycles. The van der Waals surface area contributed by atoms with Crippen LogP contribution in [0.1, 0.15) is 5.69 Å². The van der Waals surface area contributed by atoms with E-state index in [1.807, 2.05) is 19.2 Å². The minimum atomic E-state index is 0.779. The van der Waals surface area contributed by atoms with Gasteiger partial charge in [-0.2, -0.15) is 0 Å². The maximum absolute atomic E-state index is 4.32. The van der Waals surface area contributed by atoms with E-state index in [0.29, 0.717) is 0 Å². The zero-order chi connectivity index (χ0) is 13.4. The van der Waals surface area contributed by atoms with Crippen LogP contribution in [0, 0.1) is 6.92 Å². The molecule has 3 aromatic rings. The van der Waals surface area contributed by atoms with E-state index >= 15 is 0 Å². The molecule has 4 nitrogen and oxygen atoms in total. The highest BCUT2D eigenvalue weighted by molar-refractivity contribution is 5.97. The first-order valence-corrected chi connectivity index (χ1v) is 6.28. The summed E-state index contributed by atoms with van der Waals surface area (Å²) in [5.41, 5.74) is 4.49. The zero-order valence-corrected chi connectivity index (χ0v) is 11.3. The molecule has 0 radical (unpaired) electrons. The van der Waals surface area contributed by atoms with Crippen molar-refractivity contribution in [3.8, 4) is 11.3 Å². The van der Waals surface area contributed by atoms with Gasteiger partial charge in [-0.3, -0.25) is 0 Å². The second-order valence-electron chi connectivity index (χ2n) is 4.59. The molecule has 0 saturated heterocycles. The summed E-state index contributed by atoms with van der Waals surface area (Å²) in [4.78, 5) is 0. The number of rotatable bonds is 2. The summed E-state index contributed by atoms with van der Waals surface area (Å²) >= 11 is 0. The van der Waals surface area contributed by atoms with Gasteiger partial charge in [-0.25, -0.2) is 0 Å². The molecule has 0 spiro atoms. The van der Waals surface area contributed by atoms with E-state index in [1.165, 1.54) is 16.6 Å². The van der Waals surface area contributed by atoms with Crippen molar-refractivity contribution in [2.75, 3.05) is 12.4 Å². The largest absolute Gasteiger partial charge is 0.372 e. The Morgan fingerprint density at radius 1 is 1.05 bits per heavy atom. The number of para-hydroxylation sites is 1. The standard InChI is InChI=1S/C15H16N4/c1-10-15(12-8-9-14(16-2)18-17-12)11-6-4-5-7-13(11)19(10)3/h4-9H,1-3H3,(H,16,18). The molecule has 0 aliphatic carbocycles. The smallest absolute Gasteiger partial charge is 0.148 e. The van der Waals surface area contributed by atoms with E-state index in [9.17, 15) is 0 Å². The lowest BCUT2D eigenvalue weighted by molar-refractivity contribution is 0.917. The predicted molar refractivity (Wildman–Crippen MR) is 78.2 cm³/mol. The highest BCUT2D eigenvalue weighted by Crippen LogP contribution is 2.32. The summed E-state index contributed by atoms with van der Waals surface area (Å²) in [6.07, 6.45) is 0. The van der Waals surface area contributed by atoms with E-state index in [4.69, 9.17) is 0 Å². The van der Waals surface area contributed by atoms with Crippen LogP contribution in [0.2, 0.25) is 0 Å². The number of aryl methyl sites for hydroxylation is 1. The van der Waals surface area contributed by atoms with Gasteiger partial charge in [0.2, 0.25) is 0 Å². The molecule has 96 valence electrons. The van der Waals surface area contributed by atoms with E-state index in [1.54, 1.807) is 0 Å². The Kier molecular flexibility index (Phi) is 2.71. The van der Waals surface area contributed by atoms with Gasteiger partial charge in [0.05, 0.1) is 5.69 Å². The molecule has 1 aromatic carbocycles. The maximum atomic E-state index is 4.32. The normalized spacial score (nSPS) is 10.9. The Balaban J connectivity index is 2.26. The van der Waals surface area contributed by atoms with Crippen LogP contribution in [0.5, 0.6) is 0 Å². The molecule has 19 heavy (non-hydrogen) atoms. The molecule has 0 aliphatic rings. The average molecular weight is 252 g/mol. The Bertz CT molecular complexity index is 726. The number of anilines is 1. The molecule has 0 fully saturated rings. The third-order valence-corrected chi connectivity index (χ3v) is 3.58. The van der Waals surface area contributed by atoms with Gasteiger partial charge in [0.1, 0.15) is 5.82 Å². The Labute approximate surface area is 112 Å². The second-order valence-corrected chi connectivity index (χ2v) is 4.59. The minimum Gasteiger partial charge on any atom is -0.372 e. The van der Waals surface area contributed by atoms with E-state index in [2.05, 4.69) is 58.3 Å². The highest BCUT2D eigenvalue weighted by Gasteiger charge is 2.14. The van der Waals surface area contributed by atoms with Crippen molar-refractivity contribution in [3.63, 3.8) is 0 Å². The number of hydrogen-bond donors (Lipinski definition) is 1. The number of nitrogens with zero attached hydrogens (tertiary/aromatic N) is 3. The molecule has 4 heteroatoms. The van der Waals surface area contributed by atoms with Crippen LogP contribution >= 0.6 is 0 Å². The first kappa shape index (κ1) is 11.7. The molecule has 1 N–H and O–H groups in total. The summed E-state index contributed by atoms with van der Waals surface area (Å²) in [5.74, 6) is 0.779. The molecule has 0 bridgehead atoms. The number of nitrogens with one attached hydrogen (secondary N) is 1. The summed E-state index contributed by atoms with van der Waals surface area (Å²) in [6, 6.07) is 12.3. The van der Waals surface area contributed by atoms with Crippen molar-refractivity contribution in [2.24, 2.45) is 7.05 Å². The van der Waals surface area contributed by atoms with Gasteiger partial charge in [-0.05, 0) is 25.1 Å². The fraction of sp³-hybridized carbons (Fsp3) is 0.200. The molecular weight excluding hydrogens is 236 g/mol. The van der Waals surface area contributed by atoms with Gasteiger partial charge in [-0.1, -0.05) is 18.2 Å². The lowest BCUT2D eigenvalue weighted by Crippen LogP contribution is -1.96. The van der Waals surface area contributed by atoms with Gasteiger partial charge in [0.15, 0.2) is 0 Å². The maximum Gasteiger partial charge on any atom is 0.148 e. The molecule has 2 aromatic heterocycles. The number of benzene rings is 1. The summed E-state index contributed by atoms with van der Waals surface area (Å²) < 4.78 is 2.19. The summed E-state index contributed by atoms with van der Waals surface area (Å²) in [7, 11) is 3.92. The number of aromatic nitrogens is 3. The van der Waals surface area contributed by atoms with Crippen LogP contribution in [0.15, 0.2) is 36.4 Å². The first-order chi connectivity index (χ1) is 9.22. The molecule has 0 amide bonds. The quantitative estimate of drug-likeness (QED) is 0.762. The molecule has 3 rings (SSSR count). The van der Waals surface area contributed by atoms with Crippen molar-refractivity contribution in [2.45, 2.75) is 6.92 Å². The number of fused-ring (bicyclic) bond motifs is 1. The monoisotopic (exact) mass is 252 g/mol. The van der Waals surface area contributed by atoms with Crippen LogP contribution in [0.4, 0.5) is 5.82 Å². The van der Waals surface area contributed by atoms with E-state index in [0.717, 1.165) is 17.1 Å². The Hall–Kier alpha value is -2.36. The third kappa shape index (κ3) is 1.76. The molecular formula is C15H16N4. The zero-order valence-electron chi connectivity index (χ0n) is 11.3. The lowest BCUT2D eigenvalue weighted by atomic mass is 10.1. The number of hydrogen-bond acceptors (Lipinski definition) is 3. The fourth-order valence-electron chi connectivity index (χ4n) is 2.44. The average Bonchev–Trinajstić information content (AvgIpc) is 2.72. The van der Waals surface area contributed by atoms with Crippen molar-refractivity contribution >= 4 is 16.7 Å². The first-order valence-electron chi connectivity index (χ1n) is 6.28. The van der Waals surface area contributed by atoms with Gasteiger partial charge in [0.25, 0.3) is 0 Å². The van der Waals surface area contributed by atoms with Crippen molar-refractivity contribution in [1.82, 2.24) is 14.8 Å². The van der Waals surface area contributed by atoms with Crippen molar-refractivity contribution in [3.05, 3.63) is 42.1 Å². The molecule has 0 aliphatic heterocycles. The third-order valence-electron chi connectivity index (χ3n) is 3.58. The lowest BCUT2D eigenvalue weighted by Gasteiger charge is -2.03. The fourth-order valence-corrected chi connectivity index (χ4v) is 2.44. The van der Waals surface area contributed by atoms with Crippen LogP contribution in [-0.4, -0.2) is 21.8 Å². The van der Waals surface area contributed by atoms with E-state index in [-0.39, 0.29) is 0 Å². The molecule has 0 saturated carbocycles. The Morgan fingerprint density at radius 3 is 2.53 bits per heavy atom.